The molecule has 2 atom stereocenters. The van der Waals surface area contributed by atoms with Crippen molar-refractivity contribution >= 4 is 0 Å². The van der Waals surface area contributed by atoms with Crippen LogP contribution in [0.25, 0.3) is 0 Å². The van der Waals surface area contributed by atoms with Crippen LogP contribution in [0.15, 0.2) is 12.1 Å². The van der Waals surface area contributed by atoms with Gasteiger partial charge in [-0.15, -0.1) is 0 Å². The average Bonchev–Trinajstić information content (AvgIpc) is 3.00. The molecule has 0 N–H and O–H groups in total. The van der Waals surface area contributed by atoms with Crippen LogP contribution in [0.3, 0.4) is 0 Å². The summed E-state index contributed by atoms with van der Waals surface area (Å²) in [6.07, 6.45) is 2.70. The molecule has 0 aromatic heterocycles. The van der Waals surface area contributed by atoms with Gasteiger partial charge >= 0.3 is 0 Å². The van der Waals surface area contributed by atoms with E-state index in [9.17, 15) is 0 Å². The Balaban J connectivity index is 1.79. The Labute approximate surface area is 134 Å². The van der Waals surface area contributed by atoms with E-state index in [-0.39, 0.29) is 0 Å². The van der Waals surface area contributed by atoms with E-state index < -0.39 is 0 Å². The fraction of sp³-hybridized carbons (Fsp3) is 0.667. The standard InChI is InChI=1S/C18H28N2O2/c1-13-17(21-3)8-7-15(18(13)22-4)12-20-11-10-19-9-5-6-16(19)14(20)2/h7-8,14,16H,5-6,9-12H2,1-4H3/t14-,16+/m1/s1. The monoisotopic (exact) mass is 304 g/mol. The predicted octanol–water partition coefficient (Wildman–Crippen LogP) is 2.68. The van der Waals surface area contributed by atoms with Crippen LogP contribution in [0.5, 0.6) is 11.5 Å². The van der Waals surface area contributed by atoms with Crippen LogP contribution < -0.4 is 9.47 Å². The third kappa shape index (κ3) is 2.70. The van der Waals surface area contributed by atoms with E-state index in [1.807, 2.05) is 0 Å². The van der Waals surface area contributed by atoms with Crippen LogP contribution in [0.2, 0.25) is 0 Å². The van der Waals surface area contributed by atoms with E-state index in [1.165, 1.54) is 31.5 Å². The molecule has 4 heteroatoms. The van der Waals surface area contributed by atoms with Crippen molar-refractivity contribution in [2.75, 3.05) is 33.9 Å². The minimum Gasteiger partial charge on any atom is -0.496 e. The van der Waals surface area contributed by atoms with Crippen LogP contribution in [-0.4, -0.2) is 55.7 Å². The smallest absolute Gasteiger partial charge is 0.129 e. The molecule has 0 amide bonds. The second-order valence-corrected chi connectivity index (χ2v) is 6.54. The number of benzene rings is 1. The summed E-state index contributed by atoms with van der Waals surface area (Å²) >= 11 is 0. The number of fused-ring (bicyclic) bond motifs is 1. The lowest BCUT2D eigenvalue weighted by atomic mass is 10.0. The first-order chi connectivity index (χ1) is 10.7. The second kappa shape index (κ2) is 6.47. The van der Waals surface area contributed by atoms with Crippen LogP contribution in [-0.2, 0) is 6.54 Å². The van der Waals surface area contributed by atoms with Crippen molar-refractivity contribution in [3.8, 4) is 11.5 Å². The number of hydrogen-bond acceptors (Lipinski definition) is 4. The summed E-state index contributed by atoms with van der Waals surface area (Å²) in [6, 6.07) is 5.56. The van der Waals surface area contributed by atoms with Gasteiger partial charge in [0.25, 0.3) is 0 Å². The van der Waals surface area contributed by atoms with Gasteiger partial charge in [-0.25, -0.2) is 0 Å². The van der Waals surface area contributed by atoms with Gasteiger partial charge in [0.05, 0.1) is 14.2 Å². The number of nitrogens with zero attached hydrogens (tertiary/aromatic N) is 2. The molecule has 0 unspecified atom stereocenters. The maximum absolute atomic E-state index is 5.66. The van der Waals surface area contributed by atoms with Gasteiger partial charge in [0.1, 0.15) is 11.5 Å². The molecule has 2 fully saturated rings. The quantitative estimate of drug-likeness (QED) is 0.854. The zero-order valence-electron chi connectivity index (χ0n) is 14.3. The second-order valence-electron chi connectivity index (χ2n) is 6.54. The first-order valence-corrected chi connectivity index (χ1v) is 8.34. The average molecular weight is 304 g/mol. The molecular formula is C18H28N2O2. The maximum Gasteiger partial charge on any atom is 0.129 e. The summed E-state index contributed by atoms with van der Waals surface area (Å²) in [6.45, 7) is 9.04. The number of rotatable bonds is 4. The maximum atomic E-state index is 5.66. The molecule has 2 aliphatic heterocycles. The van der Waals surface area contributed by atoms with Crippen molar-refractivity contribution in [1.29, 1.82) is 0 Å². The van der Waals surface area contributed by atoms with Crippen LogP contribution in [0.1, 0.15) is 30.9 Å². The van der Waals surface area contributed by atoms with Crippen LogP contribution >= 0.6 is 0 Å². The molecule has 1 aromatic carbocycles. The Morgan fingerprint density at radius 3 is 2.68 bits per heavy atom. The van der Waals surface area contributed by atoms with Gasteiger partial charge in [-0.1, -0.05) is 6.07 Å². The van der Waals surface area contributed by atoms with Gasteiger partial charge in [-0.3, -0.25) is 9.80 Å². The topological polar surface area (TPSA) is 24.9 Å². The zero-order valence-corrected chi connectivity index (χ0v) is 14.3. The Bertz CT molecular complexity index is 532. The highest BCUT2D eigenvalue weighted by atomic mass is 16.5. The van der Waals surface area contributed by atoms with Gasteiger partial charge in [-0.05, 0) is 39.3 Å². The largest absolute Gasteiger partial charge is 0.496 e. The number of piperazine rings is 1. The summed E-state index contributed by atoms with van der Waals surface area (Å²) in [5.41, 5.74) is 2.36. The summed E-state index contributed by atoms with van der Waals surface area (Å²) < 4.78 is 11.1. The molecule has 0 radical (unpaired) electrons. The highest BCUT2D eigenvalue weighted by Crippen LogP contribution is 2.34. The Morgan fingerprint density at radius 2 is 1.95 bits per heavy atom. The molecule has 4 nitrogen and oxygen atoms in total. The lowest BCUT2D eigenvalue weighted by Crippen LogP contribution is -2.55. The summed E-state index contributed by atoms with van der Waals surface area (Å²) in [5, 5.41) is 0. The molecular weight excluding hydrogens is 276 g/mol. The minimum atomic E-state index is 0.614. The molecule has 2 heterocycles. The molecule has 2 saturated heterocycles. The fourth-order valence-electron chi connectivity index (χ4n) is 4.18. The first kappa shape index (κ1) is 15.6. The normalized spacial score (nSPS) is 26.0. The predicted molar refractivity (Wildman–Crippen MR) is 88.8 cm³/mol. The highest BCUT2D eigenvalue weighted by Gasteiger charge is 2.36. The zero-order chi connectivity index (χ0) is 15.7. The third-order valence-electron chi connectivity index (χ3n) is 5.46. The lowest BCUT2D eigenvalue weighted by molar-refractivity contribution is 0.0465. The van der Waals surface area contributed by atoms with E-state index in [2.05, 4.69) is 35.8 Å². The van der Waals surface area contributed by atoms with Gasteiger partial charge in [-0.2, -0.15) is 0 Å². The van der Waals surface area contributed by atoms with E-state index in [0.29, 0.717) is 6.04 Å². The highest BCUT2D eigenvalue weighted by molar-refractivity contribution is 5.49. The van der Waals surface area contributed by atoms with E-state index >= 15 is 0 Å². The van der Waals surface area contributed by atoms with E-state index in [4.69, 9.17) is 9.47 Å². The summed E-state index contributed by atoms with van der Waals surface area (Å²) in [4.78, 5) is 5.27. The first-order valence-electron chi connectivity index (χ1n) is 8.34. The molecule has 22 heavy (non-hydrogen) atoms. The Kier molecular flexibility index (Phi) is 4.59. The molecule has 0 aliphatic carbocycles. The van der Waals surface area contributed by atoms with Gasteiger partial charge in [0.15, 0.2) is 0 Å². The minimum absolute atomic E-state index is 0.614. The number of hydrogen-bond donors (Lipinski definition) is 0. The SMILES string of the molecule is COc1ccc(CN2CCN3CCC[C@H]3[C@H]2C)c(OC)c1C. The van der Waals surface area contributed by atoms with Crippen LogP contribution in [0.4, 0.5) is 0 Å². The van der Waals surface area contributed by atoms with E-state index in [1.54, 1.807) is 14.2 Å². The number of methoxy groups -OCH3 is 2. The summed E-state index contributed by atoms with van der Waals surface area (Å²) in [7, 11) is 3.46. The molecule has 2 aliphatic rings. The third-order valence-corrected chi connectivity index (χ3v) is 5.46. The molecule has 0 saturated carbocycles. The fourth-order valence-corrected chi connectivity index (χ4v) is 4.18. The van der Waals surface area contributed by atoms with Gasteiger partial charge < -0.3 is 9.47 Å². The summed E-state index contributed by atoms with van der Waals surface area (Å²) in [5.74, 6) is 1.87. The van der Waals surface area contributed by atoms with Crippen molar-refractivity contribution in [1.82, 2.24) is 9.80 Å². The van der Waals surface area contributed by atoms with Gasteiger partial charge in [0, 0.05) is 42.8 Å². The molecule has 0 bridgehead atoms. The van der Waals surface area contributed by atoms with Crippen LogP contribution in [0, 0.1) is 6.92 Å². The van der Waals surface area contributed by atoms with E-state index in [0.717, 1.165) is 36.2 Å². The van der Waals surface area contributed by atoms with Crippen molar-refractivity contribution in [3.05, 3.63) is 23.3 Å². The van der Waals surface area contributed by atoms with Crippen molar-refractivity contribution < 1.29 is 9.47 Å². The molecule has 0 spiro atoms. The van der Waals surface area contributed by atoms with Crippen molar-refractivity contribution in [2.24, 2.45) is 0 Å². The Hall–Kier alpha value is -1.26. The van der Waals surface area contributed by atoms with Gasteiger partial charge in [0.2, 0.25) is 0 Å². The van der Waals surface area contributed by atoms with Crippen molar-refractivity contribution in [2.45, 2.75) is 45.3 Å². The number of ether oxygens (including phenoxy) is 2. The van der Waals surface area contributed by atoms with Crippen molar-refractivity contribution in [3.63, 3.8) is 0 Å². The Morgan fingerprint density at radius 1 is 1.14 bits per heavy atom. The molecule has 3 rings (SSSR count). The lowest BCUT2D eigenvalue weighted by Gasteiger charge is -2.43. The molecule has 1 aromatic rings. The molecule has 122 valence electrons.